The Labute approximate surface area is 189 Å². The summed E-state index contributed by atoms with van der Waals surface area (Å²) in [6.45, 7) is 4.00. The van der Waals surface area contributed by atoms with Crippen molar-refractivity contribution < 1.29 is 14.6 Å². The predicted octanol–water partition coefficient (Wildman–Crippen LogP) is 1.58. The number of rotatable bonds is 7. The minimum Gasteiger partial charge on any atom is -0.390 e. The van der Waals surface area contributed by atoms with E-state index in [1.807, 2.05) is 7.05 Å². The monoisotopic (exact) mass is 439 g/mol. The van der Waals surface area contributed by atoms with Crippen molar-refractivity contribution in [3.8, 4) is 0 Å². The van der Waals surface area contributed by atoms with Crippen LogP contribution in [0.25, 0.3) is 0 Å². The number of aliphatic hydroxyl groups excluding tert-OH is 1. The average molecular weight is 440 g/mol. The van der Waals surface area contributed by atoms with E-state index in [-0.39, 0.29) is 18.5 Å². The fraction of sp³-hybridized carbons (Fsp3) is 0.542. The Bertz CT molecular complexity index is 918. The van der Waals surface area contributed by atoms with Gasteiger partial charge in [-0.2, -0.15) is 0 Å². The second-order valence-electron chi connectivity index (χ2n) is 8.84. The highest BCUT2D eigenvalue weighted by molar-refractivity contribution is 5.92. The fourth-order valence-corrected chi connectivity index (χ4v) is 4.53. The molecule has 1 amide bonds. The van der Waals surface area contributed by atoms with Gasteiger partial charge in [0.25, 0.3) is 5.91 Å². The zero-order valence-corrected chi connectivity index (χ0v) is 19.0. The number of likely N-dealkylation sites (N-methyl/N-ethyl adjacent to an activating group) is 2. The first-order valence-corrected chi connectivity index (χ1v) is 11.4. The van der Waals surface area contributed by atoms with Crippen molar-refractivity contribution in [2.75, 3.05) is 51.8 Å². The van der Waals surface area contributed by atoms with Crippen molar-refractivity contribution in [2.24, 2.45) is 0 Å². The number of benzene rings is 1. The third kappa shape index (κ3) is 5.43. The van der Waals surface area contributed by atoms with Gasteiger partial charge in [0.1, 0.15) is 17.8 Å². The normalized spacial score (nSPS) is 19.8. The van der Waals surface area contributed by atoms with Gasteiger partial charge in [-0.3, -0.25) is 9.69 Å². The minimum atomic E-state index is -0.627. The van der Waals surface area contributed by atoms with E-state index in [0.29, 0.717) is 24.7 Å². The molecule has 1 saturated heterocycles. The molecule has 32 heavy (non-hydrogen) atoms. The summed E-state index contributed by atoms with van der Waals surface area (Å²) in [5.41, 5.74) is 3.03. The van der Waals surface area contributed by atoms with Gasteiger partial charge in [0.15, 0.2) is 0 Å². The van der Waals surface area contributed by atoms with E-state index < -0.39 is 6.10 Å². The van der Waals surface area contributed by atoms with Crippen LogP contribution in [0.3, 0.4) is 0 Å². The van der Waals surface area contributed by atoms with E-state index in [0.717, 1.165) is 39.0 Å². The molecule has 1 unspecified atom stereocenters. The zero-order chi connectivity index (χ0) is 22.5. The van der Waals surface area contributed by atoms with Crippen LogP contribution in [0.2, 0.25) is 0 Å². The average Bonchev–Trinajstić information content (AvgIpc) is 2.83. The molecular formula is C24H33N5O3. The largest absolute Gasteiger partial charge is 0.390 e. The lowest BCUT2D eigenvalue weighted by Gasteiger charge is -2.32. The molecule has 0 bridgehead atoms. The molecule has 2 aliphatic rings. The number of carbonyl (C=O) groups excluding carboxylic acids is 1. The molecule has 2 atom stereocenters. The summed E-state index contributed by atoms with van der Waals surface area (Å²) in [5.74, 6) is 0.491. The molecular weight excluding hydrogens is 406 g/mol. The molecule has 1 fully saturated rings. The van der Waals surface area contributed by atoms with Crippen LogP contribution in [0.4, 0.5) is 5.82 Å². The van der Waals surface area contributed by atoms with Gasteiger partial charge in [-0.25, -0.2) is 9.97 Å². The molecule has 1 aromatic carbocycles. The number of aliphatic hydroxyl groups is 1. The Kier molecular flexibility index (Phi) is 7.34. The first-order valence-electron chi connectivity index (χ1n) is 11.4. The second kappa shape index (κ2) is 10.4. The summed E-state index contributed by atoms with van der Waals surface area (Å²) in [7, 11) is 3.68. The lowest BCUT2D eigenvalue weighted by Crippen LogP contribution is -2.43. The fourth-order valence-electron chi connectivity index (χ4n) is 4.53. The van der Waals surface area contributed by atoms with E-state index >= 15 is 0 Å². The molecule has 172 valence electrons. The van der Waals surface area contributed by atoms with Gasteiger partial charge in [0.05, 0.1) is 18.8 Å². The van der Waals surface area contributed by atoms with Crippen molar-refractivity contribution in [1.82, 2.24) is 19.8 Å². The highest BCUT2D eigenvalue weighted by Crippen LogP contribution is 2.20. The van der Waals surface area contributed by atoms with Gasteiger partial charge in [-0.15, -0.1) is 0 Å². The van der Waals surface area contributed by atoms with Gasteiger partial charge in [0.2, 0.25) is 0 Å². The number of hydrogen-bond donors (Lipinski definition) is 1. The molecule has 0 aliphatic carbocycles. The van der Waals surface area contributed by atoms with Crippen molar-refractivity contribution >= 4 is 11.7 Å². The molecule has 0 saturated carbocycles. The molecule has 1 N–H and O–H groups in total. The van der Waals surface area contributed by atoms with Crippen LogP contribution in [0.1, 0.15) is 34.5 Å². The maximum atomic E-state index is 13.0. The number of anilines is 1. The molecule has 8 heteroatoms. The van der Waals surface area contributed by atoms with E-state index in [1.54, 1.807) is 18.0 Å². The van der Waals surface area contributed by atoms with E-state index in [1.165, 1.54) is 17.5 Å². The number of fused-ring (bicyclic) bond motifs is 1. The minimum absolute atomic E-state index is 0.218. The van der Waals surface area contributed by atoms with Gasteiger partial charge in [-0.1, -0.05) is 24.3 Å². The molecule has 0 spiro atoms. The van der Waals surface area contributed by atoms with Crippen LogP contribution in [0, 0.1) is 0 Å². The lowest BCUT2D eigenvalue weighted by molar-refractivity contribution is 0.0564. The number of amides is 1. The number of carbonyl (C=O) groups is 1. The van der Waals surface area contributed by atoms with Crippen LogP contribution in [-0.2, 0) is 17.7 Å². The molecule has 4 rings (SSSR count). The zero-order valence-electron chi connectivity index (χ0n) is 19.0. The summed E-state index contributed by atoms with van der Waals surface area (Å²) in [6, 6.07) is 10.4. The van der Waals surface area contributed by atoms with Gasteiger partial charge >= 0.3 is 0 Å². The van der Waals surface area contributed by atoms with Crippen LogP contribution in [0.15, 0.2) is 36.7 Å². The van der Waals surface area contributed by atoms with Crippen molar-refractivity contribution in [2.45, 2.75) is 38.0 Å². The SMILES string of the molecule is CN(C[C@H](O)CN1CCc2ccccc2C1)C(=O)c1cc(N(C)C2CCCOC2)ncn1. The van der Waals surface area contributed by atoms with E-state index in [9.17, 15) is 9.90 Å². The summed E-state index contributed by atoms with van der Waals surface area (Å²) < 4.78 is 5.57. The summed E-state index contributed by atoms with van der Waals surface area (Å²) in [4.78, 5) is 27.3. The van der Waals surface area contributed by atoms with Gasteiger partial charge in [0, 0.05) is 52.9 Å². The summed E-state index contributed by atoms with van der Waals surface area (Å²) in [6.07, 6.45) is 3.85. The van der Waals surface area contributed by atoms with E-state index in [4.69, 9.17) is 4.74 Å². The van der Waals surface area contributed by atoms with Crippen molar-refractivity contribution in [1.29, 1.82) is 0 Å². The first-order chi connectivity index (χ1) is 15.5. The van der Waals surface area contributed by atoms with Gasteiger partial charge in [-0.05, 0) is 30.4 Å². The third-order valence-electron chi connectivity index (χ3n) is 6.43. The standard InChI is InChI=1S/C24H33N5O3/c1-27(14-21(30)15-29-10-9-18-6-3-4-7-19(18)13-29)24(31)22-12-23(26-17-25-22)28(2)20-8-5-11-32-16-20/h3-4,6-7,12,17,20-21,30H,5,8-11,13-16H2,1-2H3/t20?,21-/m0/s1. The number of nitrogens with zero attached hydrogens (tertiary/aromatic N) is 5. The third-order valence-corrected chi connectivity index (χ3v) is 6.43. The Hall–Kier alpha value is -2.55. The van der Waals surface area contributed by atoms with Crippen molar-refractivity contribution in [3.05, 3.63) is 53.5 Å². The van der Waals surface area contributed by atoms with Gasteiger partial charge < -0.3 is 19.6 Å². The number of β-amino-alcohol motifs (C(OH)–C–C–N with tert-alkyl or cyclic N) is 1. The highest BCUT2D eigenvalue weighted by Gasteiger charge is 2.24. The van der Waals surface area contributed by atoms with Crippen LogP contribution in [0.5, 0.6) is 0 Å². The van der Waals surface area contributed by atoms with Crippen LogP contribution in [-0.4, -0.2) is 89.9 Å². The highest BCUT2D eigenvalue weighted by atomic mass is 16.5. The summed E-state index contributed by atoms with van der Waals surface area (Å²) in [5, 5.41) is 10.6. The smallest absolute Gasteiger partial charge is 0.272 e. The number of aromatic nitrogens is 2. The first kappa shape index (κ1) is 22.6. The van der Waals surface area contributed by atoms with E-state index in [2.05, 4.69) is 44.0 Å². The number of hydrogen-bond acceptors (Lipinski definition) is 7. The number of ether oxygens (including phenoxy) is 1. The maximum absolute atomic E-state index is 13.0. The Morgan fingerprint density at radius 2 is 2.09 bits per heavy atom. The molecule has 2 aliphatic heterocycles. The molecule has 2 aromatic rings. The molecule has 3 heterocycles. The van der Waals surface area contributed by atoms with Crippen LogP contribution < -0.4 is 4.90 Å². The Morgan fingerprint density at radius 3 is 2.88 bits per heavy atom. The van der Waals surface area contributed by atoms with Crippen LogP contribution >= 0.6 is 0 Å². The Balaban J connectivity index is 1.32. The Morgan fingerprint density at radius 1 is 1.28 bits per heavy atom. The topological polar surface area (TPSA) is 82.0 Å². The predicted molar refractivity (Wildman–Crippen MR) is 123 cm³/mol. The maximum Gasteiger partial charge on any atom is 0.272 e. The summed E-state index contributed by atoms with van der Waals surface area (Å²) >= 11 is 0. The molecule has 1 aromatic heterocycles. The lowest BCUT2D eigenvalue weighted by atomic mass is 10.00. The van der Waals surface area contributed by atoms with Crippen molar-refractivity contribution in [3.63, 3.8) is 0 Å². The quantitative estimate of drug-likeness (QED) is 0.701. The second-order valence-corrected chi connectivity index (χ2v) is 8.84. The molecule has 0 radical (unpaired) electrons. The molecule has 8 nitrogen and oxygen atoms in total.